The van der Waals surface area contributed by atoms with Crippen LogP contribution in [0.15, 0.2) is 94.6 Å². The van der Waals surface area contributed by atoms with E-state index in [1.165, 1.54) is 11.9 Å². The van der Waals surface area contributed by atoms with E-state index in [2.05, 4.69) is 35.3 Å². The first-order chi connectivity index (χ1) is 18.0. The molecule has 2 atom stereocenters. The van der Waals surface area contributed by atoms with Crippen LogP contribution in [-0.2, 0) is 12.2 Å². The standard InChI is InChI=1S/C29H28N4O3S/c1-19(34)25(33-16-24(28(30)35)31-18-33)15-14-21-10-7-12-23-27(21)36-29(32-23)22-11-5-6-13-26(22)37-17-20-8-3-2-4-9-20/h2-13,16,18-19,25,34H,14-15,17H2,1H3,(H2,30,35)/t19-,25+/m0/s1. The number of amides is 1. The van der Waals surface area contributed by atoms with Gasteiger partial charge in [-0.3, -0.25) is 4.79 Å². The summed E-state index contributed by atoms with van der Waals surface area (Å²) >= 11 is 1.76. The lowest BCUT2D eigenvalue weighted by molar-refractivity contribution is 0.0994. The second-order valence-corrected chi connectivity index (χ2v) is 9.99. The highest BCUT2D eigenvalue weighted by molar-refractivity contribution is 7.98. The van der Waals surface area contributed by atoms with Crippen LogP contribution in [0.1, 0.15) is 41.0 Å². The molecule has 0 aliphatic carbocycles. The Balaban J connectivity index is 1.38. The molecule has 0 fully saturated rings. The number of thioether (sulfide) groups is 1. The molecule has 3 N–H and O–H groups in total. The molecular formula is C29H28N4O3S. The first-order valence-corrected chi connectivity index (χ1v) is 13.1. The fourth-order valence-electron chi connectivity index (χ4n) is 4.41. The van der Waals surface area contributed by atoms with E-state index < -0.39 is 12.0 Å². The number of aromatic nitrogens is 3. The van der Waals surface area contributed by atoms with E-state index in [4.69, 9.17) is 15.1 Å². The number of oxazole rings is 1. The maximum Gasteiger partial charge on any atom is 0.268 e. The first kappa shape index (κ1) is 24.8. The molecule has 0 radical (unpaired) electrons. The fraction of sp³-hybridized carbons (Fsp3) is 0.207. The van der Waals surface area contributed by atoms with Crippen LogP contribution in [0.25, 0.3) is 22.6 Å². The van der Waals surface area contributed by atoms with Crippen LogP contribution < -0.4 is 5.73 Å². The first-order valence-electron chi connectivity index (χ1n) is 12.2. The molecule has 7 nitrogen and oxygen atoms in total. The van der Waals surface area contributed by atoms with Crippen molar-refractivity contribution in [3.8, 4) is 11.5 Å². The number of benzene rings is 3. The Bertz CT molecular complexity index is 1510. The molecule has 0 saturated carbocycles. The molecule has 0 aliphatic rings. The van der Waals surface area contributed by atoms with Gasteiger partial charge in [0.25, 0.3) is 5.91 Å². The monoisotopic (exact) mass is 512 g/mol. The molecule has 5 aromatic rings. The minimum absolute atomic E-state index is 0.177. The molecule has 3 aromatic carbocycles. The van der Waals surface area contributed by atoms with Crippen LogP contribution in [0.5, 0.6) is 0 Å². The maximum absolute atomic E-state index is 11.5. The van der Waals surface area contributed by atoms with Crippen molar-refractivity contribution in [1.29, 1.82) is 0 Å². The average molecular weight is 513 g/mol. The van der Waals surface area contributed by atoms with Gasteiger partial charge in [-0.2, -0.15) is 0 Å². The van der Waals surface area contributed by atoms with Crippen molar-refractivity contribution in [2.24, 2.45) is 5.73 Å². The van der Waals surface area contributed by atoms with Crippen LogP contribution in [0.3, 0.4) is 0 Å². The Morgan fingerprint density at radius 3 is 2.62 bits per heavy atom. The summed E-state index contributed by atoms with van der Waals surface area (Å²) in [5.41, 5.74) is 10.3. The summed E-state index contributed by atoms with van der Waals surface area (Å²) in [6.45, 7) is 1.73. The Hall–Kier alpha value is -3.88. The Morgan fingerprint density at radius 2 is 1.86 bits per heavy atom. The van der Waals surface area contributed by atoms with Gasteiger partial charge < -0.3 is 19.8 Å². The molecule has 0 bridgehead atoms. The number of aliphatic hydroxyl groups is 1. The number of rotatable bonds is 10. The largest absolute Gasteiger partial charge is 0.436 e. The van der Waals surface area contributed by atoms with E-state index in [1.807, 2.05) is 42.5 Å². The second-order valence-electron chi connectivity index (χ2n) is 8.97. The van der Waals surface area contributed by atoms with E-state index >= 15 is 0 Å². The Kier molecular flexibility index (Phi) is 7.39. The third-order valence-corrected chi connectivity index (χ3v) is 7.50. The number of aliphatic hydroxyl groups excluding tert-OH is 1. The molecule has 8 heteroatoms. The number of carbonyl (C=O) groups excluding carboxylic acids is 1. The summed E-state index contributed by atoms with van der Waals surface area (Å²) in [7, 11) is 0. The van der Waals surface area contributed by atoms with E-state index in [-0.39, 0.29) is 11.7 Å². The molecule has 0 unspecified atom stereocenters. The number of nitrogens with two attached hydrogens (primary N) is 1. The van der Waals surface area contributed by atoms with Crippen LogP contribution >= 0.6 is 11.8 Å². The van der Waals surface area contributed by atoms with Crippen molar-refractivity contribution < 1.29 is 14.3 Å². The molecule has 2 heterocycles. The van der Waals surface area contributed by atoms with Gasteiger partial charge in [-0.1, -0.05) is 54.6 Å². The minimum atomic E-state index is -0.645. The van der Waals surface area contributed by atoms with Gasteiger partial charge in [-0.25, -0.2) is 9.97 Å². The van der Waals surface area contributed by atoms with Crippen molar-refractivity contribution in [2.75, 3.05) is 0 Å². The highest BCUT2D eigenvalue weighted by Gasteiger charge is 2.20. The van der Waals surface area contributed by atoms with Crippen molar-refractivity contribution >= 4 is 28.8 Å². The zero-order valence-corrected chi connectivity index (χ0v) is 21.3. The van der Waals surface area contributed by atoms with Crippen molar-refractivity contribution in [1.82, 2.24) is 14.5 Å². The number of aryl methyl sites for hydroxylation is 1. The highest BCUT2D eigenvalue weighted by atomic mass is 32.2. The third-order valence-electron chi connectivity index (χ3n) is 6.35. The van der Waals surface area contributed by atoms with Crippen molar-refractivity contribution in [3.05, 3.63) is 102 Å². The summed E-state index contributed by atoms with van der Waals surface area (Å²) in [6, 6.07) is 24.2. The van der Waals surface area contributed by atoms with E-state index in [1.54, 1.807) is 29.4 Å². The van der Waals surface area contributed by atoms with Gasteiger partial charge >= 0.3 is 0 Å². The SMILES string of the molecule is C[C@H](O)[C@@H](CCc1cccc2nc(-c3ccccc3SCc3ccccc3)oc12)n1cnc(C(N)=O)c1. The normalized spacial score (nSPS) is 13.0. The Morgan fingerprint density at radius 1 is 1.08 bits per heavy atom. The van der Waals surface area contributed by atoms with Gasteiger partial charge in [-0.15, -0.1) is 11.8 Å². The lowest BCUT2D eigenvalue weighted by Crippen LogP contribution is -2.21. The number of fused-ring (bicyclic) bond motifs is 1. The van der Waals surface area contributed by atoms with Crippen LogP contribution in [0.4, 0.5) is 0 Å². The molecule has 2 aromatic heterocycles. The van der Waals surface area contributed by atoms with Gasteiger partial charge in [0.2, 0.25) is 5.89 Å². The van der Waals surface area contributed by atoms with Crippen molar-refractivity contribution in [3.63, 3.8) is 0 Å². The number of para-hydroxylation sites is 1. The number of carbonyl (C=O) groups is 1. The lowest BCUT2D eigenvalue weighted by atomic mass is 10.0. The number of imidazole rings is 1. The molecular weight excluding hydrogens is 484 g/mol. The fourth-order valence-corrected chi connectivity index (χ4v) is 5.41. The number of hydrogen-bond acceptors (Lipinski definition) is 6. The summed E-state index contributed by atoms with van der Waals surface area (Å²) in [4.78, 5) is 21.4. The topological polar surface area (TPSA) is 107 Å². The number of hydrogen-bond donors (Lipinski definition) is 2. The Labute approximate surface area is 219 Å². The summed E-state index contributed by atoms with van der Waals surface area (Å²) in [6.07, 6.45) is 3.74. The molecule has 0 saturated heterocycles. The van der Waals surface area contributed by atoms with Gasteiger partial charge in [0, 0.05) is 16.8 Å². The van der Waals surface area contributed by atoms with Crippen LogP contribution in [0.2, 0.25) is 0 Å². The predicted octanol–water partition coefficient (Wildman–Crippen LogP) is 5.64. The van der Waals surface area contributed by atoms with E-state index in [0.717, 1.165) is 32.9 Å². The molecule has 1 amide bonds. The zero-order valence-electron chi connectivity index (χ0n) is 20.4. The lowest BCUT2D eigenvalue weighted by Gasteiger charge is -2.21. The second kappa shape index (κ2) is 11.0. The van der Waals surface area contributed by atoms with Gasteiger partial charge in [0.05, 0.1) is 24.0 Å². The average Bonchev–Trinajstić information content (AvgIpc) is 3.57. The van der Waals surface area contributed by atoms with Gasteiger partial charge in [0.1, 0.15) is 11.2 Å². The zero-order chi connectivity index (χ0) is 25.8. The smallest absolute Gasteiger partial charge is 0.268 e. The molecule has 5 rings (SSSR count). The molecule has 0 aliphatic heterocycles. The summed E-state index contributed by atoms with van der Waals surface area (Å²) in [5, 5.41) is 10.4. The van der Waals surface area contributed by atoms with Crippen LogP contribution in [0, 0.1) is 0 Å². The van der Waals surface area contributed by atoms with Crippen LogP contribution in [-0.4, -0.2) is 31.7 Å². The van der Waals surface area contributed by atoms with E-state index in [9.17, 15) is 9.90 Å². The van der Waals surface area contributed by atoms with Gasteiger partial charge in [-0.05, 0) is 49.1 Å². The van der Waals surface area contributed by atoms with Crippen molar-refractivity contribution in [2.45, 2.75) is 42.6 Å². The number of nitrogens with zero attached hydrogens (tertiary/aromatic N) is 3. The van der Waals surface area contributed by atoms with Gasteiger partial charge in [0.15, 0.2) is 5.58 Å². The number of primary amides is 1. The molecule has 188 valence electrons. The summed E-state index contributed by atoms with van der Waals surface area (Å²) in [5.74, 6) is 0.853. The molecule has 37 heavy (non-hydrogen) atoms. The van der Waals surface area contributed by atoms with E-state index in [0.29, 0.717) is 18.7 Å². The summed E-state index contributed by atoms with van der Waals surface area (Å²) < 4.78 is 8.09. The maximum atomic E-state index is 11.5. The minimum Gasteiger partial charge on any atom is -0.436 e. The predicted molar refractivity (Wildman–Crippen MR) is 145 cm³/mol. The highest BCUT2D eigenvalue weighted by Crippen LogP contribution is 2.35. The quantitative estimate of drug-likeness (QED) is 0.235. The third kappa shape index (κ3) is 5.60. The molecule has 0 spiro atoms.